The first-order valence-electron chi connectivity index (χ1n) is 11.6. The first-order chi connectivity index (χ1) is 16.3. The smallest absolute Gasteiger partial charge is 0.349 e. The highest BCUT2D eigenvalue weighted by Crippen LogP contribution is 2.37. The van der Waals surface area contributed by atoms with Crippen molar-refractivity contribution in [3.8, 4) is 0 Å². The lowest BCUT2D eigenvalue weighted by Gasteiger charge is -2.32. The molecular formula is C24H38F5N3O5. The van der Waals surface area contributed by atoms with Crippen LogP contribution in [0.25, 0.3) is 0 Å². The Hall–Kier alpha value is -2.60. The van der Waals surface area contributed by atoms with Crippen molar-refractivity contribution in [2.45, 2.75) is 91.9 Å². The molecule has 0 spiro atoms. The largest absolute Gasteiger partial charge is 0.461 e. The number of hydrogen-bond acceptors (Lipinski definition) is 5. The molecule has 0 rings (SSSR count). The van der Waals surface area contributed by atoms with Crippen LogP contribution < -0.4 is 10.6 Å². The standard InChI is InChI=1S/C24H38F5N3O5/c1-13(19(36)23(25,26)24(27,28)29)30-20(37)14(11-17(35)32(8)9)10-15(33)18(22(5,6)7)31-16(34)12-21(2,3)4/h13-14,18H,10-12H2,1-9H3,(H,30,37)(H,31,34)/t13?,14?,18-/m1/s1. The van der Waals surface area contributed by atoms with E-state index in [1.54, 1.807) is 26.1 Å². The second-order valence-corrected chi connectivity index (χ2v) is 11.6. The van der Waals surface area contributed by atoms with Crippen molar-refractivity contribution in [2.75, 3.05) is 14.1 Å². The molecule has 0 radical (unpaired) electrons. The van der Waals surface area contributed by atoms with E-state index in [2.05, 4.69) is 5.32 Å². The van der Waals surface area contributed by atoms with Gasteiger partial charge >= 0.3 is 12.1 Å². The molecule has 0 aliphatic heterocycles. The molecule has 0 aromatic heterocycles. The van der Waals surface area contributed by atoms with E-state index in [0.717, 1.165) is 4.90 Å². The summed E-state index contributed by atoms with van der Waals surface area (Å²) in [6, 6.07) is -3.36. The Morgan fingerprint density at radius 1 is 0.811 bits per heavy atom. The lowest BCUT2D eigenvalue weighted by molar-refractivity contribution is -0.269. The Morgan fingerprint density at radius 2 is 1.30 bits per heavy atom. The Labute approximate surface area is 214 Å². The molecule has 0 aliphatic carbocycles. The first-order valence-corrected chi connectivity index (χ1v) is 11.6. The Morgan fingerprint density at radius 3 is 1.68 bits per heavy atom. The fourth-order valence-corrected chi connectivity index (χ4v) is 3.29. The number of carbonyl (C=O) groups is 5. The van der Waals surface area contributed by atoms with Gasteiger partial charge in [0.1, 0.15) is 0 Å². The molecule has 0 bridgehead atoms. The van der Waals surface area contributed by atoms with E-state index in [1.807, 2.05) is 20.8 Å². The van der Waals surface area contributed by atoms with E-state index >= 15 is 0 Å². The normalized spacial score (nSPS) is 15.3. The molecule has 214 valence electrons. The molecular weight excluding hydrogens is 505 g/mol. The molecule has 0 aromatic rings. The summed E-state index contributed by atoms with van der Waals surface area (Å²) in [6.45, 7) is 11.1. The van der Waals surface area contributed by atoms with Crippen LogP contribution in [0.3, 0.4) is 0 Å². The topological polar surface area (TPSA) is 113 Å². The number of carbonyl (C=O) groups excluding carboxylic acids is 5. The minimum absolute atomic E-state index is 0.0862. The predicted octanol–water partition coefficient (Wildman–Crippen LogP) is 3.28. The number of nitrogens with one attached hydrogen (secondary N) is 2. The van der Waals surface area contributed by atoms with E-state index in [1.165, 1.54) is 14.1 Å². The molecule has 0 fully saturated rings. The zero-order valence-electron chi connectivity index (χ0n) is 22.7. The second kappa shape index (κ2) is 12.3. The van der Waals surface area contributed by atoms with Gasteiger partial charge in [-0.25, -0.2) is 0 Å². The molecule has 8 nitrogen and oxygen atoms in total. The summed E-state index contributed by atoms with van der Waals surface area (Å²) in [5, 5.41) is 4.41. The summed E-state index contributed by atoms with van der Waals surface area (Å²) >= 11 is 0. The minimum atomic E-state index is -6.16. The SMILES string of the molecule is CC(NC(=O)C(CC(=O)[C@@H](NC(=O)CC(C)(C)C)C(C)(C)C)CC(=O)N(C)C)C(=O)C(F)(F)C(F)(F)F. The van der Waals surface area contributed by atoms with Gasteiger partial charge in [0, 0.05) is 33.4 Å². The third-order valence-electron chi connectivity index (χ3n) is 5.34. The van der Waals surface area contributed by atoms with Gasteiger partial charge in [-0.2, -0.15) is 22.0 Å². The van der Waals surface area contributed by atoms with Gasteiger partial charge < -0.3 is 15.5 Å². The van der Waals surface area contributed by atoms with E-state index < -0.39 is 83.1 Å². The van der Waals surface area contributed by atoms with Crippen LogP contribution in [-0.4, -0.2) is 72.5 Å². The monoisotopic (exact) mass is 543 g/mol. The summed E-state index contributed by atoms with van der Waals surface area (Å²) < 4.78 is 64.6. The van der Waals surface area contributed by atoms with Crippen molar-refractivity contribution in [3.63, 3.8) is 0 Å². The minimum Gasteiger partial charge on any atom is -0.349 e. The Balaban J connectivity index is 5.93. The maximum absolute atomic E-state index is 13.4. The fraction of sp³-hybridized carbons (Fsp3) is 0.792. The van der Waals surface area contributed by atoms with Crippen molar-refractivity contribution in [1.82, 2.24) is 15.5 Å². The van der Waals surface area contributed by atoms with Gasteiger partial charge in [-0.3, -0.25) is 24.0 Å². The molecule has 13 heteroatoms. The van der Waals surface area contributed by atoms with Crippen LogP contribution >= 0.6 is 0 Å². The van der Waals surface area contributed by atoms with Gasteiger partial charge in [0.2, 0.25) is 23.5 Å². The number of ketones is 2. The summed E-state index contributed by atoms with van der Waals surface area (Å²) in [7, 11) is 2.72. The molecule has 2 N–H and O–H groups in total. The van der Waals surface area contributed by atoms with Crippen molar-refractivity contribution in [3.05, 3.63) is 0 Å². The molecule has 3 amide bonds. The van der Waals surface area contributed by atoms with Gasteiger partial charge in [0.15, 0.2) is 5.78 Å². The van der Waals surface area contributed by atoms with Crippen molar-refractivity contribution in [2.24, 2.45) is 16.7 Å². The zero-order valence-corrected chi connectivity index (χ0v) is 22.7. The van der Waals surface area contributed by atoms with Crippen molar-refractivity contribution < 1.29 is 45.9 Å². The summed E-state index contributed by atoms with van der Waals surface area (Å²) in [5.41, 5.74) is -1.22. The lowest BCUT2D eigenvalue weighted by atomic mass is 9.80. The van der Waals surface area contributed by atoms with Gasteiger partial charge in [-0.05, 0) is 17.8 Å². The molecule has 2 unspecified atom stereocenters. The van der Waals surface area contributed by atoms with E-state index in [0.29, 0.717) is 6.92 Å². The third kappa shape index (κ3) is 10.7. The average Bonchev–Trinajstić information content (AvgIpc) is 2.67. The highest BCUT2D eigenvalue weighted by Gasteiger charge is 2.64. The zero-order chi connectivity index (χ0) is 29.7. The maximum atomic E-state index is 13.4. The number of nitrogens with zero attached hydrogens (tertiary/aromatic N) is 1. The first kappa shape index (κ1) is 34.4. The average molecular weight is 544 g/mol. The quantitative estimate of drug-likeness (QED) is 0.389. The third-order valence-corrected chi connectivity index (χ3v) is 5.34. The number of hydrogen-bond donors (Lipinski definition) is 2. The summed E-state index contributed by atoms with van der Waals surface area (Å²) in [5.74, 6) is -12.7. The van der Waals surface area contributed by atoms with Crippen LogP contribution in [0.1, 0.15) is 67.7 Å². The molecule has 0 saturated carbocycles. The fourth-order valence-electron chi connectivity index (χ4n) is 3.29. The lowest BCUT2D eigenvalue weighted by Crippen LogP contribution is -2.54. The predicted molar refractivity (Wildman–Crippen MR) is 125 cm³/mol. The number of halogens is 5. The van der Waals surface area contributed by atoms with Crippen LogP contribution in [0.15, 0.2) is 0 Å². The highest BCUT2D eigenvalue weighted by atomic mass is 19.4. The van der Waals surface area contributed by atoms with Crippen LogP contribution in [0.2, 0.25) is 0 Å². The van der Waals surface area contributed by atoms with Gasteiger partial charge in [0.05, 0.1) is 18.0 Å². The molecule has 0 aromatic carbocycles. The number of Topliss-reactive ketones (excluding diaryl/α,β-unsaturated/α-hetero) is 2. The van der Waals surface area contributed by atoms with Crippen LogP contribution in [-0.2, 0) is 24.0 Å². The molecule has 0 aliphatic rings. The van der Waals surface area contributed by atoms with E-state index in [-0.39, 0.29) is 6.42 Å². The Bertz CT molecular complexity index is 873. The number of rotatable bonds is 11. The van der Waals surface area contributed by atoms with Crippen LogP contribution in [0.5, 0.6) is 0 Å². The molecule has 0 heterocycles. The molecule has 3 atom stereocenters. The van der Waals surface area contributed by atoms with Crippen molar-refractivity contribution in [1.29, 1.82) is 0 Å². The highest BCUT2D eigenvalue weighted by molar-refractivity contribution is 5.97. The Kier molecular flexibility index (Phi) is 11.4. The van der Waals surface area contributed by atoms with E-state index in [9.17, 15) is 45.9 Å². The van der Waals surface area contributed by atoms with Gasteiger partial charge in [0.25, 0.3) is 0 Å². The van der Waals surface area contributed by atoms with Gasteiger partial charge in [-0.1, -0.05) is 41.5 Å². The number of alkyl halides is 5. The number of amides is 3. The van der Waals surface area contributed by atoms with Crippen LogP contribution in [0, 0.1) is 16.7 Å². The van der Waals surface area contributed by atoms with E-state index in [4.69, 9.17) is 0 Å². The maximum Gasteiger partial charge on any atom is 0.461 e. The van der Waals surface area contributed by atoms with Crippen molar-refractivity contribution >= 4 is 29.3 Å². The summed E-state index contributed by atoms with van der Waals surface area (Å²) in [4.78, 5) is 63.6. The van der Waals surface area contributed by atoms with Gasteiger partial charge in [-0.15, -0.1) is 0 Å². The second-order valence-electron chi connectivity index (χ2n) is 11.6. The molecule has 37 heavy (non-hydrogen) atoms. The summed E-state index contributed by atoms with van der Waals surface area (Å²) in [6.07, 6.45) is -7.30. The van der Waals surface area contributed by atoms with Crippen LogP contribution in [0.4, 0.5) is 22.0 Å². The molecule has 0 saturated heterocycles.